The van der Waals surface area contributed by atoms with Crippen molar-refractivity contribution < 1.29 is 9.59 Å². The molecule has 2 rings (SSSR count). The van der Waals surface area contributed by atoms with Crippen LogP contribution in [0.2, 0.25) is 0 Å². The molecule has 0 aliphatic rings. The van der Waals surface area contributed by atoms with E-state index in [4.69, 9.17) is 0 Å². The third-order valence-electron chi connectivity index (χ3n) is 3.12. The van der Waals surface area contributed by atoms with Crippen LogP contribution in [0.25, 0.3) is 0 Å². The van der Waals surface area contributed by atoms with Crippen LogP contribution in [0.1, 0.15) is 21.5 Å². The summed E-state index contributed by atoms with van der Waals surface area (Å²) in [5.41, 5.74) is 4.15. The predicted molar refractivity (Wildman–Crippen MR) is 80.0 cm³/mol. The van der Waals surface area contributed by atoms with Gasteiger partial charge in [-0.05, 0) is 55.3 Å². The van der Waals surface area contributed by atoms with Crippen LogP contribution in [-0.2, 0) is 4.79 Å². The molecule has 0 aliphatic carbocycles. The van der Waals surface area contributed by atoms with E-state index < -0.39 is 0 Å². The van der Waals surface area contributed by atoms with Crippen molar-refractivity contribution in [3.05, 3.63) is 59.2 Å². The standard InChI is InChI=1S/C16H16N2O2/c1-11-6-7-15(8-12(11)2)18-16(20)13-4-3-5-14(9-13)17-10-19/h3-10H,1-2H3,(H,17,19)(H,18,20). The van der Waals surface area contributed by atoms with Gasteiger partial charge in [0.1, 0.15) is 0 Å². The van der Waals surface area contributed by atoms with Gasteiger partial charge in [-0.2, -0.15) is 0 Å². The molecular weight excluding hydrogens is 252 g/mol. The van der Waals surface area contributed by atoms with Crippen molar-refractivity contribution in [2.75, 3.05) is 10.6 Å². The molecule has 0 radical (unpaired) electrons. The van der Waals surface area contributed by atoms with Gasteiger partial charge in [-0.15, -0.1) is 0 Å². The molecular formula is C16H16N2O2. The molecule has 0 bridgehead atoms. The van der Waals surface area contributed by atoms with Gasteiger partial charge >= 0.3 is 0 Å². The highest BCUT2D eigenvalue weighted by Crippen LogP contribution is 2.16. The van der Waals surface area contributed by atoms with E-state index in [-0.39, 0.29) is 5.91 Å². The zero-order valence-corrected chi connectivity index (χ0v) is 11.4. The first-order valence-corrected chi connectivity index (χ1v) is 6.29. The molecule has 0 atom stereocenters. The summed E-state index contributed by atoms with van der Waals surface area (Å²) in [7, 11) is 0. The molecule has 2 aromatic carbocycles. The summed E-state index contributed by atoms with van der Waals surface area (Å²) in [4.78, 5) is 22.5. The van der Waals surface area contributed by atoms with Crippen LogP contribution >= 0.6 is 0 Å². The van der Waals surface area contributed by atoms with E-state index in [2.05, 4.69) is 10.6 Å². The Bertz CT molecular complexity index is 651. The summed E-state index contributed by atoms with van der Waals surface area (Å²) in [6, 6.07) is 12.5. The lowest BCUT2D eigenvalue weighted by Gasteiger charge is -2.08. The molecule has 2 amide bonds. The number of hydrogen-bond donors (Lipinski definition) is 2. The minimum Gasteiger partial charge on any atom is -0.329 e. The quantitative estimate of drug-likeness (QED) is 0.837. The van der Waals surface area contributed by atoms with Gasteiger partial charge in [-0.1, -0.05) is 12.1 Å². The van der Waals surface area contributed by atoms with Crippen LogP contribution in [-0.4, -0.2) is 12.3 Å². The summed E-state index contributed by atoms with van der Waals surface area (Å²) in [6.07, 6.45) is 0.584. The minimum atomic E-state index is -0.206. The van der Waals surface area contributed by atoms with E-state index in [1.54, 1.807) is 24.3 Å². The lowest BCUT2D eigenvalue weighted by atomic mass is 10.1. The molecule has 0 saturated carbocycles. The summed E-state index contributed by atoms with van der Waals surface area (Å²) in [5.74, 6) is -0.206. The van der Waals surface area contributed by atoms with Gasteiger partial charge in [-0.25, -0.2) is 0 Å². The average molecular weight is 268 g/mol. The van der Waals surface area contributed by atoms with Gasteiger partial charge in [0.2, 0.25) is 6.41 Å². The molecule has 4 heteroatoms. The molecule has 4 nitrogen and oxygen atoms in total. The van der Waals surface area contributed by atoms with Crippen molar-refractivity contribution in [3.63, 3.8) is 0 Å². The Hall–Kier alpha value is -2.62. The smallest absolute Gasteiger partial charge is 0.255 e. The van der Waals surface area contributed by atoms with Gasteiger partial charge in [0.25, 0.3) is 5.91 Å². The summed E-state index contributed by atoms with van der Waals surface area (Å²) in [5, 5.41) is 5.36. The first-order chi connectivity index (χ1) is 9.60. The van der Waals surface area contributed by atoms with E-state index in [9.17, 15) is 9.59 Å². The Labute approximate surface area is 117 Å². The number of anilines is 2. The summed E-state index contributed by atoms with van der Waals surface area (Å²) >= 11 is 0. The number of aryl methyl sites for hydroxylation is 2. The van der Waals surface area contributed by atoms with Crippen molar-refractivity contribution in [1.29, 1.82) is 0 Å². The molecule has 2 aromatic rings. The van der Waals surface area contributed by atoms with Crippen LogP contribution in [0.3, 0.4) is 0 Å². The van der Waals surface area contributed by atoms with Crippen LogP contribution in [0.15, 0.2) is 42.5 Å². The largest absolute Gasteiger partial charge is 0.329 e. The predicted octanol–water partition coefficient (Wildman–Crippen LogP) is 3.12. The topological polar surface area (TPSA) is 58.2 Å². The van der Waals surface area contributed by atoms with Crippen LogP contribution in [0.5, 0.6) is 0 Å². The Morgan fingerprint density at radius 3 is 2.50 bits per heavy atom. The first kappa shape index (κ1) is 13.8. The number of benzene rings is 2. The Balaban J connectivity index is 2.16. The zero-order valence-electron chi connectivity index (χ0n) is 11.4. The lowest BCUT2D eigenvalue weighted by molar-refractivity contribution is -0.105. The number of nitrogens with one attached hydrogen (secondary N) is 2. The summed E-state index contributed by atoms with van der Waals surface area (Å²) < 4.78 is 0. The van der Waals surface area contributed by atoms with Gasteiger partial charge in [-0.3, -0.25) is 9.59 Å². The van der Waals surface area contributed by atoms with E-state index in [1.165, 1.54) is 5.56 Å². The normalized spacial score (nSPS) is 9.90. The number of carbonyl (C=O) groups is 2. The average Bonchev–Trinajstić information content (AvgIpc) is 2.43. The molecule has 0 aliphatic heterocycles. The fraction of sp³-hybridized carbons (Fsp3) is 0.125. The summed E-state index contributed by atoms with van der Waals surface area (Å²) in [6.45, 7) is 4.02. The van der Waals surface area contributed by atoms with E-state index >= 15 is 0 Å². The maximum absolute atomic E-state index is 12.1. The van der Waals surface area contributed by atoms with E-state index in [0.29, 0.717) is 17.7 Å². The van der Waals surface area contributed by atoms with Crippen molar-refractivity contribution in [2.45, 2.75) is 13.8 Å². The second-order valence-corrected chi connectivity index (χ2v) is 4.60. The van der Waals surface area contributed by atoms with Crippen LogP contribution in [0.4, 0.5) is 11.4 Å². The van der Waals surface area contributed by atoms with Crippen LogP contribution in [0, 0.1) is 13.8 Å². The third kappa shape index (κ3) is 3.23. The highest BCUT2D eigenvalue weighted by Gasteiger charge is 2.07. The van der Waals surface area contributed by atoms with Crippen molar-refractivity contribution in [1.82, 2.24) is 0 Å². The molecule has 0 fully saturated rings. The zero-order chi connectivity index (χ0) is 14.5. The first-order valence-electron chi connectivity index (χ1n) is 6.29. The highest BCUT2D eigenvalue weighted by atomic mass is 16.1. The number of rotatable bonds is 4. The molecule has 2 N–H and O–H groups in total. The third-order valence-corrected chi connectivity index (χ3v) is 3.12. The van der Waals surface area contributed by atoms with Gasteiger partial charge in [0.05, 0.1) is 0 Å². The van der Waals surface area contributed by atoms with Crippen molar-refractivity contribution in [3.8, 4) is 0 Å². The van der Waals surface area contributed by atoms with Gasteiger partial charge in [0.15, 0.2) is 0 Å². The molecule has 20 heavy (non-hydrogen) atoms. The molecule has 0 heterocycles. The fourth-order valence-corrected chi connectivity index (χ4v) is 1.84. The van der Waals surface area contributed by atoms with E-state index in [1.807, 2.05) is 32.0 Å². The molecule has 0 saturated heterocycles. The SMILES string of the molecule is Cc1ccc(NC(=O)c2cccc(NC=O)c2)cc1C. The molecule has 0 spiro atoms. The molecule has 102 valence electrons. The second kappa shape index (κ2) is 6.02. The van der Waals surface area contributed by atoms with Crippen molar-refractivity contribution >= 4 is 23.7 Å². The minimum absolute atomic E-state index is 0.206. The monoisotopic (exact) mass is 268 g/mol. The second-order valence-electron chi connectivity index (χ2n) is 4.60. The van der Waals surface area contributed by atoms with Crippen molar-refractivity contribution in [2.24, 2.45) is 0 Å². The van der Waals surface area contributed by atoms with Gasteiger partial charge < -0.3 is 10.6 Å². The number of carbonyl (C=O) groups excluding carboxylic acids is 2. The maximum atomic E-state index is 12.1. The Kier molecular flexibility index (Phi) is 4.15. The van der Waals surface area contributed by atoms with Crippen LogP contribution < -0.4 is 10.6 Å². The number of amides is 2. The maximum Gasteiger partial charge on any atom is 0.255 e. The fourth-order valence-electron chi connectivity index (χ4n) is 1.84. The highest BCUT2D eigenvalue weighted by molar-refractivity contribution is 6.05. The van der Waals surface area contributed by atoms with Gasteiger partial charge in [0, 0.05) is 16.9 Å². The van der Waals surface area contributed by atoms with E-state index in [0.717, 1.165) is 11.3 Å². The molecule has 0 unspecified atom stereocenters. The lowest BCUT2D eigenvalue weighted by Crippen LogP contribution is -2.12. The number of hydrogen-bond acceptors (Lipinski definition) is 2. The Morgan fingerprint density at radius 2 is 1.80 bits per heavy atom. The molecule has 0 aromatic heterocycles. The Morgan fingerprint density at radius 1 is 1.00 bits per heavy atom.